The van der Waals surface area contributed by atoms with E-state index in [1.807, 2.05) is 0 Å². The van der Waals surface area contributed by atoms with Gasteiger partial charge in [0.05, 0.1) is 6.61 Å². The molecule has 2 unspecified atom stereocenters. The highest BCUT2D eigenvalue weighted by Crippen LogP contribution is 2.19. The molecule has 2 atom stereocenters. The van der Waals surface area contributed by atoms with Gasteiger partial charge in [0, 0.05) is 13.2 Å². The minimum atomic E-state index is -1.20. The Morgan fingerprint density at radius 2 is 0.719 bits per heavy atom. The van der Waals surface area contributed by atoms with E-state index in [0.29, 0.717) is 26.2 Å². The van der Waals surface area contributed by atoms with Crippen LogP contribution in [0.3, 0.4) is 0 Å². The van der Waals surface area contributed by atoms with Gasteiger partial charge in [-0.2, -0.15) is 0 Å². The fraction of sp³-hybridized carbons (Fsp3) is 0.904. The number of carboxylic acid groups (broad SMARTS) is 1. The van der Waals surface area contributed by atoms with Crippen molar-refractivity contribution in [2.45, 2.75) is 283 Å². The van der Waals surface area contributed by atoms with Gasteiger partial charge in [0.25, 0.3) is 0 Å². The molecule has 1 N–H and O–H groups in total. The van der Waals surface area contributed by atoms with Gasteiger partial charge in [0.1, 0.15) is 12.2 Å². The lowest BCUT2D eigenvalue weighted by atomic mass is 10.0. The van der Waals surface area contributed by atoms with Crippen LogP contribution in [0.1, 0.15) is 271 Å². The third kappa shape index (κ3) is 45.6. The average molecular weight is 805 g/mol. The Kier molecular flexibility index (Phi) is 47.9. The summed E-state index contributed by atoms with van der Waals surface area (Å²) < 4.78 is 18.0. The zero-order valence-electron chi connectivity index (χ0n) is 38.7. The third-order valence-electron chi connectivity index (χ3n) is 11.6. The molecular weight excluding hydrogens is 705 g/mol. The fourth-order valence-electron chi connectivity index (χ4n) is 7.78. The highest BCUT2D eigenvalue weighted by atomic mass is 16.7. The van der Waals surface area contributed by atoms with Crippen molar-refractivity contribution in [1.82, 2.24) is 0 Å². The van der Waals surface area contributed by atoms with Crippen LogP contribution in [0.2, 0.25) is 0 Å². The molecule has 0 amide bonds. The lowest BCUT2D eigenvalue weighted by molar-refractivity contribution is -0.0935. The van der Waals surface area contributed by atoms with E-state index in [1.54, 1.807) is 0 Å². The monoisotopic (exact) mass is 805 g/mol. The molecule has 5 nitrogen and oxygen atoms in total. The Morgan fingerprint density at radius 1 is 0.404 bits per heavy atom. The van der Waals surface area contributed by atoms with Crippen molar-refractivity contribution in [3.63, 3.8) is 0 Å². The first-order chi connectivity index (χ1) is 28.2. The number of ether oxygens (including phenoxy) is 3. The van der Waals surface area contributed by atoms with Crippen molar-refractivity contribution in [2.24, 2.45) is 0 Å². The molecule has 0 radical (unpaired) electrons. The molecule has 0 spiro atoms. The van der Waals surface area contributed by atoms with Crippen LogP contribution in [0.4, 0.5) is 4.79 Å². The summed E-state index contributed by atoms with van der Waals surface area (Å²) in [6, 6.07) is 0. The maximum Gasteiger partial charge on any atom is 0.506 e. The molecule has 0 rings (SSSR count). The Morgan fingerprint density at radius 3 is 1.09 bits per heavy atom. The number of rotatable bonds is 48. The summed E-state index contributed by atoms with van der Waals surface area (Å²) in [7, 11) is 0. The van der Waals surface area contributed by atoms with E-state index in [2.05, 4.69) is 45.1 Å². The maximum atomic E-state index is 11.7. The van der Waals surface area contributed by atoms with Gasteiger partial charge < -0.3 is 19.3 Å². The third-order valence-corrected chi connectivity index (χ3v) is 11.6. The number of unbranched alkanes of at least 4 members (excludes halogenated alkanes) is 33. The molecule has 57 heavy (non-hydrogen) atoms. The summed E-state index contributed by atoms with van der Waals surface area (Å²) in [6.07, 6.45) is 56.9. The maximum absolute atomic E-state index is 11.7. The smallest absolute Gasteiger partial charge is 0.450 e. The van der Waals surface area contributed by atoms with Crippen molar-refractivity contribution >= 4 is 6.16 Å². The summed E-state index contributed by atoms with van der Waals surface area (Å²) >= 11 is 0. The van der Waals surface area contributed by atoms with Gasteiger partial charge in [0.15, 0.2) is 0 Å². The number of allylic oxidation sites excluding steroid dienone is 4. The van der Waals surface area contributed by atoms with Crippen LogP contribution in [0.25, 0.3) is 0 Å². The highest BCUT2D eigenvalue weighted by molar-refractivity contribution is 5.57. The normalized spacial score (nSPS) is 13.0. The van der Waals surface area contributed by atoms with Crippen molar-refractivity contribution in [2.75, 3.05) is 19.8 Å². The molecule has 0 aliphatic carbocycles. The van der Waals surface area contributed by atoms with E-state index >= 15 is 0 Å². The van der Waals surface area contributed by atoms with E-state index in [9.17, 15) is 9.90 Å². The van der Waals surface area contributed by atoms with Crippen LogP contribution in [0, 0.1) is 0 Å². The predicted octanol–water partition coefficient (Wildman–Crippen LogP) is 17.8. The lowest BCUT2D eigenvalue weighted by Crippen LogP contribution is -2.37. The molecule has 338 valence electrons. The molecule has 0 saturated heterocycles. The molecule has 0 aliphatic rings. The lowest BCUT2D eigenvalue weighted by Gasteiger charge is -2.26. The van der Waals surface area contributed by atoms with Gasteiger partial charge >= 0.3 is 6.16 Å². The molecular formula is C52H100O5. The highest BCUT2D eigenvalue weighted by Gasteiger charge is 2.26. The van der Waals surface area contributed by atoms with Gasteiger partial charge in [-0.1, -0.05) is 218 Å². The van der Waals surface area contributed by atoms with Gasteiger partial charge in [-0.05, 0) is 77.0 Å². The number of hydrogen-bond acceptors (Lipinski definition) is 4. The second-order valence-electron chi connectivity index (χ2n) is 17.3. The summed E-state index contributed by atoms with van der Waals surface area (Å²) in [5, 5.41) is 9.62. The first kappa shape index (κ1) is 55.7. The molecule has 0 bridgehead atoms. The molecule has 0 saturated carbocycles. The standard InChI is InChI=1S/C52H100O5/c1-4-7-10-13-16-19-22-24-26-28-30-32-35-38-41-44-47-55-49-51(50(57-52(53)54)46-43-40-37-34-21-18-15-12-9-6-3)56-48-45-42-39-36-33-31-29-27-25-23-20-17-14-11-8-5-2/h24-27,50-51H,4-23,28-49H2,1-3H3,(H,53,54)/b26-24-,27-25-. The van der Waals surface area contributed by atoms with Crippen LogP contribution in [0.5, 0.6) is 0 Å². The van der Waals surface area contributed by atoms with E-state index in [4.69, 9.17) is 14.2 Å². The molecule has 0 aliphatic heterocycles. The van der Waals surface area contributed by atoms with Crippen molar-refractivity contribution < 1.29 is 24.1 Å². The molecule has 0 aromatic carbocycles. The fourth-order valence-corrected chi connectivity index (χ4v) is 7.78. The number of hydrogen-bond donors (Lipinski definition) is 1. The van der Waals surface area contributed by atoms with Crippen LogP contribution in [-0.4, -0.2) is 43.3 Å². The first-order valence-corrected chi connectivity index (χ1v) is 25.5. The van der Waals surface area contributed by atoms with Crippen molar-refractivity contribution in [3.05, 3.63) is 24.3 Å². The zero-order valence-corrected chi connectivity index (χ0v) is 38.7. The number of carbonyl (C=O) groups is 1. The van der Waals surface area contributed by atoms with E-state index in [0.717, 1.165) is 32.1 Å². The first-order valence-electron chi connectivity index (χ1n) is 25.5. The van der Waals surface area contributed by atoms with Crippen LogP contribution < -0.4 is 0 Å². The van der Waals surface area contributed by atoms with Gasteiger partial charge in [-0.15, -0.1) is 0 Å². The second kappa shape index (κ2) is 49.0. The largest absolute Gasteiger partial charge is 0.506 e. The van der Waals surface area contributed by atoms with Crippen molar-refractivity contribution in [1.29, 1.82) is 0 Å². The quantitative estimate of drug-likeness (QED) is 0.0377. The second-order valence-corrected chi connectivity index (χ2v) is 17.3. The average Bonchev–Trinajstić information content (AvgIpc) is 3.20. The van der Waals surface area contributed by atoms with Crippen LogP contribution in [0.15, 0.2) is 24.3 Å². The van der Waals surface area contributed by atoms with Crippen LogP contribution >= 0.6 is 0 Å². The summed E-state index contributed by atoms with van der Waals surface area (Å²) in [5.41, 5.74) is 0. The van der Waals surface area contributed by atoms with Gasteiger partial charge in [0.2, 0.25) is 0 Å². The Balaban J connectivity index is 4.40. The molecule has 0 fully saturated rings. The molecule has 0 aromatic heterocycles. The topological polar surface area (TPSA) is 65.0 Å². The van der Waals surface area contributed by atoms with Gasteiger partial charge in [-0.3, -0.25) is 0 Å². The minimum Gasteiger partial charge on any atom is -0.450 e. The Bertz CT molecular complexity index is 825. The Labute approximate surface area is 356 Å². The predicted molar refractivity (Wildman–Crippen MR) is 249 cm³/mol. The van der Waals surface area contributed by atoms with E-state index in [1.165, 1.54) is 212 Å². The van der Waals surface area contributed by atoms with E-state index < -0.39 is 12.3 Å². The molecule has 0 heterocycles. The summed E-state index contributed by atoms with van der Waals surface area (Å²) in [5.74, 6) is 0. The summed E-state index contributed by atoms with van der Waals surface area (Å²) in [6.45, 7) is 8.58. The van der Waals surface area contributed by atoms with Crippen molar-refractivity contribution in [3.8, 4) is 0 Å². The molecule has 5 heteroatoms. The summed E-state index contributed by atoms with van der Waals surface area (Å²) in [4.78, 5) is 11.7. The SMILES string of the molecule is CCCCCCCC/C=C\CCCCCCCCOCC(OCCCCCCCC/C=C\CCCCCCCC)C(CCCCCCCCCCCC)OC(=O)O. The molecule has 0 aromatic rings. The zero-order chi connectivity index (χ0) is 41.4. The van der Waals surface area contributed by atoms with Crippen LogP contribution in [-0.2, 0) is 14.2 Å². The van der Waals surface area contributed by atoms with Gasteiger partial charge in [-0.25, -0.2) is 4.79 Å². The minimum absolute atomic E-state index is 0.336. The Hall–Kier alpha value is -1.33. The van der Waals surface area contributed by atoms with E-state index in [-0.39, 0.29) is 6.10 Å².